The zero-order valence-electron chi connectivity index (χ0n) is 13.8. The van der Waals surface area contributed by atoms with Gasteiger partial charge in [-0.3, -0.25) is 0 Å². The van der Waals surface area contributed by atoms with E-state index in [4.69, 9.17) is 4.98 Å². The maximum Gasteiger partial charge on any atom is 0.203 e. The third-order valence-electron chi connectivity index (χ3n) is 4.52. The van der Waals surface area contributed by atoms with Gasteiger partial charge in [0.15, 0.2) is 0 Å². The van der Waals surface area contributed by atoms with Gasteiger partial charge in [-0.25, -0.2) is 4.98 Å². The minimum absolute atomic E-state index is 0.625. The first-order valence-electron chi connectivity index (χ1n) is 8.28. The Morgan fingerprint density at radius 3 is 2.60 bits per heavy atom. The number of hydrogen-bond acceptors (Lipinski definition) is 2. The van der Waals surface area contributed by atoms with E-state index in [9.17, 15) is 0 Å². The molecule has 0 spiro atoms. The predicted molar refractivity (Wildman–Crippen MR) is 86.1 cm³/mol. The molecule has 1 aromatic heterocycles. The van der Waals surface area contributed by atoms with Crippen LogP contribution in [0.5, 0.6) is 0 Å². The van der Waals surface area contributed by atoms with Gasteiger partial charge in [0, 0.05) is 18.8 Å². The molecule has 1 N–H and O–H groups in total. The molecular formula is C17H31N3. The standard InChI is InChI=1S/C17H31N3/c1-12(2)10-18-17-19-14(5)11-20(17)16-9-7-6-8-15(16)13(3)4/h11-13,15-16H,6-10H2,1-5H3,(H,18,19). The van der Waals surface area contributed by atoms with Crippen molar-refractivity contribution < 1.29 is 0 Å². The molecule has 0 saturated heterocycles. The summed E-state index contributed by atoms with van der Waals surface area (Å²) in [5.74, 6) is 3.26. The molecule has 3 heteroatoms. The normalized spacial score (nSPS) is 23.6. The Bertz CT molecular complexity index is 420. The molecule has 1 aliphatic rings. The Morgan fingerprint density at radius 1 is 1.25 bits per heavy atom. The Labute approximate surface area is 124 Å². The van der Waals surface area contributed by atoms with Crippen molar-refractivity contribution in [3.8, 4) is 0 Å². The van der Waals surface area contributed by atoms with Crippen LogP contribution in [-0.2, 0) is 0 Å². The average Bonchev–Trinajstić information content (AvgIpc) is 2.77. The van der Waals surface area contributed by atoms with Crippen LogP contribution in [0.15, 0.2) is 6.20 Å². The second-order valence-corrected chi connectivity index (χ2v) is 7.15. The van der Waals surface area contributed by atoms with Crippen molar-refractivity contribution >= 4 is 5.95 Å². The van der Waals surface area contributed by atoms with Crippen LogP contribution < -0.4 is 5.32 Å². The predicted octanol–water partition coefficient (Wildman–Crippen LogP) is 4.65. The lowest BCUT2D eigenvalue weighted by atomic mass is 9.77. The van der Waals surface area contributed by atoms with Crippen LogP contribution in [0.2, 0.25) is 0 Å². The van der Waals surface area contributed by atoms with Crippen LogP contribution in [0.25, 0.3) is 0 Å². The maximum absolute atomic E-state index is 4.70. The number of imidazole rings is 1. The fraction of sp³-hybridized carbons (Fsp3) is 0.824. The van der Waals surface area contributed by atoms with Crippen LogP contribution in [0, 0.1) is 24.7 Å². The SMILES string of the molecule is Cc1cn(C2CCCCC2C(C)C)c(NCC(C)C)n1. The summed E-state index contributed by atoms with van der Waals surface area (Å²) in [5.41, 5.74) is 1.13. The van der Waals surface area contributed by atoms with E-state index in [-0.39, 0.29) is 0 Å². The molecule has 1 aromatic rings. The molecule has 0 aliphatic heterocycles. The molecule has 114 valence electrons. The molecule has 3 nitrogen and oxygen atoms in total. The van der Waals surface area contributed by atoms with Gasteiger partial charge < -0.3 is 9.88 Å². The highest BCUT2D eigenvalue weighted by Gasteiger charge is 2.30. The van der Waals surface area contributed by atoms with Gasteiger partial charge in [-0.1, -0.05) is 40.5 Å². The Kier molecular flexibility index (Phi) is 5.11. The van der Waals surface area contributed by atoms with E-state index in [2.05, 4.69) is 50.7 Å². The number of aryl methyl sites for hydroxylation is 1. The molecule has 0 bridgehead atoms. The first-order valence-corrected chi connectivity index (χ1v) is 8.28. The second-order valence-electron chi connectivity index (χ2n) is 7.15. The fourth-order valence-electron chi connectivity index (χ4n) is 3.46. The van der Waals surface area contributed by atoms with E-state index in [1.807, 2.05) is 0 Å². The highest BCUT2D eigenvalue weighted by molar-refractivity contribution is 5.30. The average molecular weight is 277 g/mol. The monoisotopic (exact) mass is 277 g/mol. The first-order chi connectivity index (χ1) is 9.49. The van der Waals surface area contributed by atoms with Crippen LogP contribution >= 0.6 is 0 Å². The number of hydrogen-bond donors (Lipinski definition) is 1. The van der Waals surface area contributed by atoms with Crippen molar-refractivity contribution in [2.45, 2.75) is 66.3 Å². The first kappa shape index (κ1) is 15.4. The van der Waals surface area contributed by atoms with Crippen LogP contribution in [0.1, 0.15) is 65.1 Å². The third kappa shape index (κ3) is 3.56. The van der Waals surface area contributed by atoms with Gasteiger partial charge in [0.05, 0.1) is 5.69 Å². The smallest absolute Gasteiger partial charge is 0.203 e. The lowest BCUT2D eigenvalue weighted by molar-refractivity contribution is 0.186. The Balaban J connectivity index is 2.21. The molecule has 2 unspecified atom stereocenters. The largest absolute Gasteiger partial charge is 0.355 e. The molecule has 2 atom stereocenters. The summed E-state index contributed by atoms with van der Waals surface area (Å²) < 4.78 is 2.43. The van der Waals surface area contributed by atoms with E-state index in [1.165, 1.54) is 25.7 Å². The number of nitrogens with one attached hydrogen (secondary N) is 1. The number of rotatable bonds is 5. The van der Waals surface area contributed by atoms with Gasteiger partial charge in [-0.05, 0) is 37.5 Å². The lowest BCUT2D eigenvalue weighted by Gasteiger charge is -2.36. The number of anilines is 1. The van der Waals surface area contributed by atoms with Crippen molar-refractivity contribution in [3.05, 3.63) is 11.9 Å². The second kappa shape index (κ2) is 6.64. The van der Waals surface area contributed by atoms with Crippen LogP contribution in [0.3, 0.4) is 0 Å². The summed E-state index contributed by atoms with van der Waals surface area (Å²) in [5, 5.41) is 3.54. The van der Waals surface area contributed by atoms with Crippen LogP contribution in [-0.4, -0.2) is 16.1 Å². The van der Waals surface area contributed by atoms with Gasteiger partial charge >= 0.3 is 0 Å². The van der Waals surface area contributed by atoms with E-state index in [0.29, 0.717) is 12.0 Å². The zero-order valence-corrected chi connectivity index (χ0v) is 13.8. The minimum Gasteiger partial charge on any atom is -0.355 e. The van der Waals surface area contributed by atoms with E-state index in [1.54, 1.807) is 0 Å². The fourth-order valence-corrected chi connectivity index (χ4v) is 3.46. The zero-order chi connectivity index (χ0) is 14.7. The number of aromatic nitrogens is 2. The van der Waals surface area contributed by atoms with Crippen LogP contribution in [0.4, 0.5) is 5.95 Å². The topological polar surface area (TPSA) is 29.9 Å². The number of nitrogens with zero attached hydrogens (tertiary/aromatic N) is 2. The quantitative estimate of drug-likeness (QED) is 0.849. The molecule has 0 radical (unpaired) electrons. The van der Waals surface area contributed by atoms with E-state index < -0.39 is 0 Å². The maximum atomic E-state index is 4.70. The summed E-state index contributed by atoms with van der Waals surface area (Å²) in [6.07, 6.45) is 7.66. The van der Waals surface area contributed by atoms with Crippen molar-refractivity contribution in [1.29, 1.82) is 0 Å². The molecule has 1 heterocycles. The van der Waals surface area contributed by atoms with E-state index >= 15 is 0 Å². The van der Waals surface area contributed by atoms with Crippen molar-refractivity contribution in [3.63, 3.8) is 0 Å². The Morgan fingerprint density at radius 2 is 1.95 bits per heavy atom. The van der Waals surface area contributed by atoms with Crippen molar-refractivity contribution in [1.82, 2.24) is 9.55 Å². The summed E-state index contributed by atoms with van der Waals surface area (Å²) >= 11 is 0. The third-order valence-corrected chi connectivity index (χ3v) is 4.52. The molecular weight excluding hydrogens is 246 g/mol. The highest BCUT2D eigenvalue weighted by atomic mass is 15.2. The molecule has 0 amide bonds. The Hall–Kier alpha value is -0.990. The summed E-state index contributed by atoms with van der Waals surface area (Å²) in [7, 11) is 0. The minimum atomic E-state index is 0.625. The van der Waals surface area contributed by atoms with Gasteiger partial charge in [0.25, 0.3) is 0 Å². The molecule has 1 fully saturated rings. The molecule has 1 saturated carbocycles. The van der Waals surface area contributed by atoms with Gasteiger partial charge in [0.1, 0.15) is 0 Å². The van der Waals surface area contributed by atoms with Gasteiger partial charge in [-0.15, -0.1) is 0 Å². The lowest BCUT2D eigenvalue weighted by Crippen LogP contribution is -2.28. The van der Waals surface area contributed by atoms with Gasteiger partial charge in [-0.2, -0.15) is 0 Å². The summed E-state index contributed by atoms with van der Waals surface area (Å²) in [4.78, 5) is 4.70. The molecule has 20 heavy (non-hydrogen) atoms. The van der Waals surface area contributed by atoms with Crippen molar-refractivity contribution in [2.75, 3.05) is 11.9 Å². The summed E-state index contributed by atoms with van der Waals surface area (Å²) in [6.45, 7) is 12.3. The van der Waals surface area contributed by atoms with Crippen molar-refractivity contribution in [2.24, 2.45) is 17.8 Å². The molecule has 1 aliphatic carbocycles. The molecule has 0 aromatic carbocycles. The molecule has 2 rings (SSSR count). The highest BCUT2D eigenvalue weighted by Crippen LogP contribution is 2.39. The van der Waals surface area contributed by atoms with Gasteiger partial charge in [0.2, 0.25) is 5.95 Å². The summed E-state index contributed by atoms with van der Waals surface area (Å²) in [6, 6.07) is 0.625. The van der Waals surface area contributed by atoms with E-state index in [0.717, 1.165) is 30.0 Å².